The zero-order chi connectivity index (χ0) is 25.9. The molecule has 3 heterocycles. The first-order valence-corrected chi connectivity index (χ1v) is 11.7. The van der Waals surface area contributed by atoms with E-state index in [2.05, 4.69) is 5.32 Å². The van der Waals surface area contributed by atoms with Crippen LogP contribution in [-0.2, 0) is 9.53 Å². The lowest BCUT2D eigenvalue weighted by Crippen LogP contribution is -2.61. The highest BCUT2D eigenvalue weighted by atomic mass is 19.1. The van der Waals surface area contributed by atoms with Crippen LogP contribution in [0.5, 0.6) is 0 Å². The molecular formula is C27H27FN2O6. The van der Waals surface area contributed by atoms with Crippen molar-refractivity contribution in [2.45, 2.75) is 50.7 Å². The molecule has 2 aromatic rings. The van der Waals surface area contributed by atoms with E-state index in [0.29, 0.717) is 28.1 Å². The predicted molar refractivity (Wildman–Crippen MR) is 130 cm³/mol. The molecule has 9 heteroatoms. The van der Waals surface area contributed by atoms with E-state index in [9.17, 15) is 29.3 Å². The third-order valence-electron chi connectivity index (χ3n) is 7.08. The van der Waals surface area contributed by atoms with E-state index in [-0.39, 0.29) is 18.4 Å². The van der Waals surface area contributed by atoms with Gasteiger partial charge in [0.2, 0.25) is 0 Å². The number of anilines is 1. The first-order chi connectivity index (χ1) is 17.0. The lowest BCUT2D eigenvalue weighted by molar-refractivity contribution is -0.123. The average Bonchev–Trinajstić information content (AvgIpc) is 3.33. The van der Waals surface area contributed by atoms with Gasteiger partial charge in [-0.2, -0.15) is 0 Å². The van der Waals surface area contributed by atoms with Gasteiger partial charge in [-0.15, -0.1) is 0 Å². The van der Waals surface area contributed by atoms with Gasteiger partial charge in [-0.1, -0.05) is 12.1 Å². The minimum Gasteiger partial charge on any atom is -0.482 e. The molecule has 0 aliphatic carbocycles. The lowest BCUT2D eigenvalue weighted by atomic mass is 9.91. The van der Waals surface area contributed by atoms with E-state index in [4.69, 9.17) is 4.74 Å². The van der Waals surface area contributed by atoms with Crippen molar-refractivity contribution in [3.8, 4) is 0 Å². The molecule has 8 nitrogen and oxygen atoms in total. The van der Waals surface area contributed by atoms with E-state index in [1.54, 1.807) is 43.3 Å². The number of rotatable bonds is 2. The molecule has 0 bridgehead atoms. The molecule has 2 aromatic carbocycles. The molecule has 4 N–H and O–H groups in total. The molecule has 1 saturated heterocycles. The van der Waals surface area contributed by atoms with E-state index >= 15 is 0 Å². The third kappa shape index (κ3) is 3.89. The maximum absolute atomic E-state index is 13.6. The van der Waals surface area contributed by atoms with Crippen LogP contribution in [-0.4, -0.2) is 68.5 Å². The number of ether oxygens (including phenoxy) is 1. The fraction of sp³-hybridized carbons (Fsp3) is 0.333. The van der Waals surface area contributed by atoms with Crippen LogP contribution in [0.15, 0.2) is 54.3 Å². The topological polar surface area (TPSA) is 119 Å². The third-order valence-corrected chi connectivity index (χ3v) is 7.08. The SMILES string of the molecule is C[C@H]1[C@H](O)[C@@H](O)[C@H](O)CN1C(=O)c1ccc(C2=C/C(=C3\C(=O)Nc4cc(F)ccc43)OC2(C)C)cc1. The van der Waals surface area contributed by atoms with Crippen molar-refractivity contribution in [3.05, 3.63) is 76.8 Å². The lowest BCUT2D eigenvalue weighted by Gasteiger charge is -2.42. The number of hydrogen-bond acceptors (Lipinski definition) is 6. The number of carbonyl (C=O) groups is 2. The van der Waals surface area contributed by atoms with Gasteiger partial charge in [0.15, 0.2) is 0 Å². The number of allylic oxidation sites excluding steroid dienone is 1. The van der Waals surface area contributed by atoms with Gasteiger partial charge in [-0.3, -0.25) is 9.59 Å². The van der Waals surface area contributed by atoms with Crippen molar-refractivity contribution in [3.63, 3.8) is 0 Å². The molecule has 2 amide bonds. The maximum Gasteiger partial charge on any atom is 0.260 e. The summed E-state index contributed by atoms with van der Waals surface area (Å²) in [5.41, 5.74) is 2.46. The summed E-state index contributed by atoms with van der Waals surface area (Å²) in [4.78, 5) is 27.1. The second kappa shape index (κ2) is 8.55. The van der Waals surface area contributed by atoms with Gasteiger partial charge in [0.05, 0.1) is 17.3 Å². The zero-order valence-electron chi connectivity index (χ0n) is 20.0. The van der Waals surface area contributed by atoms with Crippen LogP contribution in [0, 0.1) is 5.82 Å². The summed E-state index contributed by atoms with van der Waals surface area (Å²) in [6, 6.07) is 10.3. The van der Waals surface area contributed by atoms with Gasteiger partial charge >= 0.3 is 0 Å². The monoisotopic (exact) mass is 494 g/mol. The van der Waals surface area contributed by atoms with Crippen LogP contribution in [0.25, 0.3) is 11.1 Å². The largest absolute Gasteiger partial charge is 0.482 e. The summed E-state index contributed by atoms with van der Waals surface area (Å²) in [7, 11) is 0. The molecule has 0 spiro atoms. The number of carbonyl (C=O) groups excluding carboxylic acids is 2. The van der Waals surface area contributed by atoms with Crippen molar-refractivity contribution in [2.24, 2.45) is 0 Å². The first kappa shape index (κ1) is 24.2. The van der Waals surface area contributed by atoms with Crippen LogP contribution in [0.2, 0.25) is 0 Å². The maximum atomic E-state index is 13.6. The highest BCUT2D eigenvalue weighted by Gasteiger charge is 2.41. The molecule has 0 saturated carbocycles. The highest BCUT2D eigenvalue weighted by Crippen LogP contribution is 2.44. The molecule has 188 valence electrons. The summed E-state index contributed by atoms with van der Waals surface area (Å²) in [5.74, 6) is -0.811. The average molecular weight is 495 g/mol. The minimum atomic E-state index is -1.31. The Balaban J connectivity index is 1.45. The standard InChI is InChI=1S/C27H27FN2O6/c1-13-23(32)24(33)20(31)12-30(13)26(35)15-6-4-14(5-7-15)18-11-21(36-27(18,2)3)22-17-9-8-16(28)10-19(17)29-25(22)34/h4-11,13,20,23-24,31-33H,12H2,1-3H3,(H,29,34)/b22-21+/t13-,20+,23-,24-/m0/s1. The second-order valence-electron chi connectivity index (χ2n) is 9.88. The number of aliphatic hydroxyl groups is 3. The van der Waals surface area contributed by atoms with Crippen molar-refractivity contribution in [1.82, 2.24) is 4.90 Å². The van der Waals surface area contributed by atoms with Gasteiger partial charge in [-0.25, -0.2) is 4.39 Å². The Kier molecular flexibility index (Phi) is 5.74. The number of piperidine rings is 1. The highest BCUT2D eigenvalue weighted by molar-refractivity contribution is 6.32. The summed E-state index contributed by atoms with van der Waals surface area (Å²) < 4.78 is 19.8. The molecule has 3 aliphatic rings. The van der Waals surface area contributed by atoms with Crippen molar-refractivity contribution in [2.75, 3.05) is 11.9 Å². The van der Waals surface area contributed by atoms with Crippen LogP contribution in [0.3, 0.4) is 0 Å². The number of amides is 2. The predicted octanol–water partition coefficient (Wildman–Crippen LogP) is 2.31. The van der Waals surface area contributed by atoms with Crippen molar-refractivity contribution >= 4 is 28.6 Å². The van der Waals surface area contributed by atoms with Gasteiger partial charge in [0.1, 0.15) is 35.5 Å². The fourth-order valence-electron chi connectivity index (χ4n) is 5.01. The Morgan fingerprint density at radius 3 is 2.50 bits per heavy atom. The Morgan fingerprint density at radius 2 is 1.81 bits per heavy atom. The van der Waals surface area contributed by atoms with E-state index in [1.807, 2.05) is 13.8 Å². The van der Waals surface area contributed by atoms with E-state index in [0.717, 1.165) is 11.1 Å². The summed E-state index contributed by atoms with van der Waals surface area (Å²) in [5, 5.41) is 32.7. The smallest absolute Gasteiger partial charge is 0.260 e. The number of halogens is 1. The first-order valence-electron chi connectivity index (χ1n) is 11.7. The molecule has 3 aliphatic heterocycles. The Morgan fingerprint density at radius 1 is 1.11 bits per heavy atom. The van der Waals surface area contributed by atoms with Crippen LogP contribution in [0.4, 0.5) is 10.1 Å². The number of nitrogens with zero attached hydrogens (tertiary/aromatic N) is 1. The number of likely N-dealkylation sites (tertiary alicyclic amines) is 1. The van der Waals surface area contributed by atoms with Crippen molar-refractivity contribution in [1.29, 1.82) is 0 Å². The normalized spacial score (nSPS) is 28.9. The van der Waals surface area contributed by atoms with Crippen molar-refractivity contribution < 1.29 is 34.0 Å². The quantitative estimate of drug-likeness (QED) is 0.476. The number of hydrogen-bond donors (Lipinski definition) is 4. The molecule has 36 heavy (non-hydrogen) atoms. The molecule has 0 aromatic heterocycles. The van der Waals surface area contributed by atoms with Crippen LogP contribution >= 0.6 is 0 Å². The Labute approximate surface area is 207 Å². The fourth-order valence-corrected chi connectivity index (χ4v) is 5.01. The molecular weight excluding hydrogens is 467 g/mol. The summed E-state index contributed by atoms with van der Waals surface area (Å²) >= 11 is 0. The number of benzene rings is 2. The van der Waals surface area contributed by atoms with Gasteiger partial charge < -0.3 is 30.3 Å². The number of β-amino-alcohol motifs (C(OH)–C–C–N with tert-alkyl or cyclic N) is 1. The van der Waals surface area contributed by atoms with E-state index in [1.165, 1.54) is 17.0 Å². The number of fused-ring (bicyclic) bond motifs is 1. The molecule has 4 atom stereocenters. The number of aliphatic hydroxyl groups excluding tert-OH is 3. The van der Waals surface area contributed by atoms with Gasteiger partial charge in [0, 0.05) is 23.2 Å². The Hall–Kier alpha value is -3.53. The molecule has 5 rings (SSSR count). The van der Waals surface area contributed by atoms with Crippen LogP contribution in [0.1, 0.15) is 42.3 Å². The van der Waals surface area contributed by atoms with Gasteiger partial charge in [0.25, 0.3) is 11.8 Å². The van der Waals surface area contributed by atoms with E-state index < -0.39 is 35.8 Å². The van der Waals surface area contributed by atoms with Crippen LogP contribution < -0.4 is 5.32 Å². The molecule has 0 radical (unpaired) electrons. The summed E-state index contributed by atoms with van der Waals surface area (Å²) in [6.45, 7) is 5.27. The summed E-state index contributed by atoms with van der Waals surface area (Å²) in [6.07, 6.45) is -2.01. The Bertz CT molecular complexity index is 1320. The molecule has 1 fully saturated rings. The second-order valence-corrected chi connectivity index (χ2v) is 9.88. The van der Waals surface area contributed by atoms with Gasteiger partial charge in [-0.05, 0) is 62.7 Å². The molecule has 0 unspecified atom stereocenters. The minimum absolute atomic E-state index is 0.0869. The number of nitrogens with one attached hydrogen (secondary N) is 1. The zero-order valence-corrected chi connectivity index (χ0v) is 20.0.